The number of sulfonamides is 1. The van der Waals surface area contributed by atoms with Gasteiger partial charge in [-0.15, -0.1) is 0 Å². The summed E-state index contributed by atoms with van der Waals surface area (Å²) in [7, 11) is 1.59. The SMILES string of the molecule is CC.CC(=O)N(C)C.CNS(=O)(=O)c1ccccc1. The van der Waals surface area contributed by atoms with Gasteiger partial charge in [0.15, 0.2) is 0 Å². The van der Waals surface area contributed by atoms with Gasteiger partial charge in [-0.2, -0.15) is 0 Å². The maximum Gasteiger partial charge on any atom is 0.240 e. The van der Waals surface area contributed by atoms with Crippen molar-refractivity contribution in [3.63, 3.8) is 0 Å². The molecular weight excluding hydrogens is 264 g/mol. The van der Waals surface area contributed by atoms with Gasteiger partial charge in [-0.3, -0.25) is 4.79 Å². The highest BCUT2D eigenvalue weighted by atomic mass is 32.2. The van der Waals surface area contributed by atoms with Crippen molar-refractivity contribution in [1.29, 1.82) is 0 Å². The van der Waals surface area contributed by atoms with Crippen molar-refractivity contribution < 1.29 is 13.2 Å². The predicted octanol–water partition coefficient (Wildman–Crippen LogP) is 1.72. The number of hydrogen-bond donors (Lipinski definition) is 1. The molecule has 110 valence electrons. The molecule has 0 aliphatic heterocycles. The maximum atomic E-state index is 11.1. The van der Waals surface area contributed by atoms with Crippen molar-refractivity contribution in [2.24, 2.45) is 0 Å². The lowest BCUT2D eigenvalue weighted by Crippen LogP contribution is -2.18. The van der Waals surface area contributed by atoms with Crippen LogP contribution >= 0.6 is 0 Å². The van der Waals surface area contributed by atoms with Gasteiger partial charge in [0, 0.05) is 21.0 Å². The Morgan fingerprint density at radius 3 is 1.74 bits per heavy atom. The van der Waals surface area contributed by atoms with Crippen LogP contribution < -0.4 is 4.72 Å². The molecule has 0 atom stereocenters. The van der Waals surface area contributed by atoms with Gasteiger partial charge in [0.05, 0.1) is 4.90 Å². The summed E-state index contributed by atoms with van der Waals surface area (Å²) in [5.41, 5.74) is 0. The first-order valence-corrected chi connectivity index (χ1v) is 7.46. The number of amides is 1. The van der Waals surface area contributed by atoms with Crippen LogP contribution in [0.25, 0.3) is 0 Å². The number of rotatable bonds is 2. The Balaban J connectivity index is 0. The lowest BCUT2D eigenvalue weighted by Gasteiger charge is -2.02. The first kappa shape index (κ1) is 19.9. The fraction of sp³-hybridized carbons (Fsp3) is 0.462. The van der Waals surface area contributed by atoms with Crippen molar-refractivity contribution in [2.75, 3.05) is 21.1 Å². The second-order valence-corrected chi connectivity index (χ2v) is 5.32. The highest BCUT2D eigenvalue weighted by molar-refractivity contribution is 7.89. The molecule has 1 N–H and O–H groups in total. The monoisotopic (exact) mass is 288 g/mol. The van der Waals surface area contributed by atoms with E-state index in [4.69, 9.17) is 0 Å². The van der Waals surface area contributed by atoms with Gasteiger partial charge in [-0.1, -0.05) is 32.0 Å². The van der Waals surface area contributed by atoms with Gasteiger partial charge in [-0.05, 0) is 19.2 Å². The molecule has 0 aliphatic rings. The van der Waals surface area contributed by atoms with Gasteiger partial charge >= 0.3 is 0 Å². The van der Waals surface area contributed by atoms with E-state index in [1.807, 2.05) is 13.8 Å². The van der Waals surface area contributed by atoms with Crippen molar-refractivity contribution in [3.05, 3.63) is 30.3 Å². The molecule has 0 spiro atoms. The minimum absolute atomic E-state index is 0.0926. The summed E-state index contributed by atoms with van der Waals surface area (Å²) in [5.74, 6) is 0.0926. The fourth-order valence-electron chi connectivity index (χ4n) is 0.717. The first-order valence-electron chi connectivity index (χ1n) is 5.97. The zero-order valence-corrected chi connectivity index (χ0v) is 13.3. The van der Waals surface area contributed by atoms with E-state index in [2.05, 4.69) is 4.72 Å². The van der Waals surface area contributed by atoms with Crippen molar-refractivity contribution in [2.45, 2.75) is 25.7 Å². The standard InChI is InChI=1S/C7H9NO2S.C4H9NO.C2H6/c1-8-11(9,10)7-5-3-2-4-6-7;1-4(6)5(2)3;1-2/h2-6,8H,1H3;1-3H3;1-2H3. The second-order valence-electron chi connectivity index (χ2n) is 3.43. The largest absolute Gasteiger partial charge is 0.349 e. The van der Waals surface area contributed by atoms with E-state index in [1.165, 1.54) is 18.9 Å². The summed E-state index contributed by atoms with van der Waals surface area (Å²) in [6, 6.07) is 8.24. The van der Waals surface area contributed by atoms with E-state index in [1.54, 1.807) is 44.4 Å². The molecule has 0 radical (unpaired) electrons. The van der Waals surface area contributed by atoms with Crippen LogP contribution in [-0.2, 0) is 14.8 Å². The Morgan fingerprint density at radius 2 is 1.47 bits per heavy atom. The number of carbonyl (C=O) groups excluding carboxylic acids is 1. The molecule has 0 unspecified atom stereocenters. The zero-order valence-electron chi connectivity index (χ0n) is 12.5. The quantitative estimate of drug-likeness (QED) is 0.901. The highest BCUT2D eigenvalue weighted by Crippen LogP contribution is 2.05. The minimum Gasteiger partial charge on any atom is -0.349 e. The van der Waals surface area contributed by atoms with E-state index >= 15 is 0 Å². The number of nitrogens with zero attached hydrogens (tertiary/aromatic N) is 1. The summed E-state index contributed by atoms with van der Waals surface area (Å²) in [4.78, 5) is 11.9. The van der Waals surface area contributed by atoms with Crippen LogP contribution in [0.2, 0.25) is 0 Å². The summed E-state index contributed by atoms with van der Waals surface area (Å²) in [6.07, 6.45) is 0. The first-order chi connectivity index (χ1) is 8.81. The van der Waals surface area contributed by atoms with E-state index < -0.39 is 10.0 Å². The summed E-state index contributed by atoms with van der Waals surface area (Å²) in [6.45, 7) is 5.53. The molecule has 0 saturated carbocycles. The van der Waals surface area contributed by atoms with Crippen LogP contribution in [0.5, 0.6) is 0 Å². The molecule has 1 aromatic rings. The van der Waals surface area contributed by atoms with Crippen LogP contribution in [0, 0.1) is 0 Å². The minimum atomic E-state index is -3.25. The molecule has 0 heterocycles. The molecule has 5 nitrogen and oxygen atoms in total. The molecule has 0 fully saturated rings. The molecule has 6 heteroatoms. The maximum absolute atomic E-state index is 11.1. The molecule has 0 bridgehead atoms. The van der Waals surface area contributed by atoms with Crippen LogP contribution in [0.1, 0.15) is 20.8 Å². The van der Waals surface area contributed by atoms with Gasteiger partial charge in [0.25, 0.3) is 0 Å². The average Bonchev–Trinajstić information content (AvgIpc) is 2.42. The third-order valence-electron chi connectivity index (χ3n) is 1.95. The Hall–Kier alpha value is -1.40. The molecule has 1 aromatic carbocycles. The molecule has 0 aromatic heterocycles. The number of hydrogen-bond acceptors (Lipinski definition) is 3. The zero-order chi connectivity index (χ0) is 15.5. The van der Waals surface area contributed by atoms with Crippen LogP contribution in [-0.4, -0.2) is 40.4 Å². The molecule has 0 aliphatic carbocycles. The smallest absolute Gasteiger partial charge is 0.240 e. The highest BCUT2D eigenvalue weighted by Gasteiger charge is 2.08. The lowest BCUT2D eigenvalue weighted by atomic mass is 10.4. The van der Waals surface area contributed by atoms with Gasteiger partial charge in [0.2, 0.25) is 15.9 Å². The Labute approximate surface area is 116 Å². The summed E-state index contributed by atoms with van der Waals surface area (Å²) in [5, 5.41) is 0. The van der Waals surface area contributed by atoms with E-state index in [0.29, 0.717) is 4.90 Å². The Bertz CT molecular complexity index is 442. The van der Waals surface area contributed by atoms with Crippen molar-refractivity contribution >= 4 is 15.9 Å². The van der Waals surface area contributed by atoms with E-state index in [9.17, 15) is 13.2 Å². The average molecular weight is 288 g/mol. The van der Waals surface area contributed by atoms with Crippen LogP contribution in [0.15, 0.2) is 35.2 Å². The van der Waals surface area contributed by atoms with Crippen LogP contribution in [0.4, 0.5) is 0 Å². The molecular formula is C13H24N2O3S. The molecule has 19 heavy (non-hydrogen) atoms. The van der Waals surface area contributed by atoms with Gasteiger partial charge in [0.1, 0.15) is 0 Å². The summed E-state index contributed by atoms with van der Waals surface area (Å²) < 4.78 is 24.4. The fourth-order valence-corrected chi connectivity index (χ4v) is 1.47. The molecule has 1 rings (SSSR count). The van der Waals surface area contributed by atoms with Crippen LogP contribution in [0.3, 0.4) is 0 Å². The third kappa shape index (κ3) is 9.21. The molecule has 1 amide bonds. The predicted molar refractivity (Wildman–Crippen MR) is 78.4 cm³/mol. The van der Waals surface area contributed by atoms with E-state index in [0.717, 1.165) is 0 Å². The number of nitrogens with one attached hydrogen (secondary N) is 1. The molecule has 0 saturated heterocycles. The second kappa shape index (κ2) is 10.5. The Morgan fingerprint density at radius 1 is 1.11 bits per heavy atom. The van der Waals surface area contributed by atoms with Crippen molar-refractivity contribution in [1.82, 2.24) is 9.62 Å². The summed E-state index contributed by atoms with van der Waals surface area (Å²) >= 11 is 0. The van der Waals surface area contributed by atoms with Crippen molar-refractivity contribution in [3.8, 4) is 0 Å². The third-order valence-corrected chi connectivity index (χ3v) is 3.38. The number of carbonyl (C=O) groups is 1. The normalized spacial score (nSPS) is 9.37. The van der Waals surface area contributed by atoms with E-state index in [-0.39, 0.29) is 5.91 Å². The number of benzene rings is 1. The van der Waals surface area contributed by atoms with Gasteiger partial charge < -0.3 is 4.90 Å². The Kier molecular flexibility index (Phi) is 11.0. The topological polar surface area (TPSA) is 66.5 Å². The van der Waals surface area contributed by atoms with Gasteiger partial charge in [-0.25, -0.2) is 13.1 Å². The lowest BCUT2D eigenvalue weighted by molar-refractivity contribution is -0.126.